The summed E-state index contributed by atoms with van der Waals surface area (Å²) in [6, 6.07) is 10.6. The molecule has 0 radical (unpaired) electrons. The molecule has 0 saturated heterocycles. The molecule has 2 heterocycles. The van der Waals surface area contributed by atoms with Crippen LogP contribution in [0.15, 0.2) is 53.2 Å². The first-order valence-electron chi connectivity index (χ1n) is 6.76. The van der Waals surface area contributed by atoms with Crippen LogP contribution in [0.25, 0.3) is 0 Å². The number of benzene rings is 1. The highest BCUT2D eigenvalue weighted by molar-refractivity contribution is 6.31. The molecular weight excluding hydrogens is 302 g/mol. The lowest BCUT2D eigenvalue weighted by Gasteiger charge is -2.08. The maximum absolute atomic E-state index is 12.2. The van der Waals surface area contributed by atoms with Crippen molar-refractivity contribution in [3.8, 4) is 0 Å². The van der Waals surface area contributed by atoms with Gasteiger partial charge >= 0.3 is 0 Å². The van der Waals surface area contributed by atoms with Gasteiger partial charge in [0.1, 0.15) is 5.76 Å². The Balaban J connectivity index is 1.73. The summed E-state index contributed by atoms with van der Waals surface area (Å²) in [6.45, 7) is 2.33. The van der Waals surface area contributed by atoms with Gasteiger partial charge < -0.3 is 9.73 Å². The molecule has 1 N–H and O–H groups in total. The van der Waals surface area contributed by atoms with E-state index in [1.165, 1.54) is 0 Å². The summed E-state index contributed by atoms with van der Waals surface area (Å²) in [5.41, 5.74) is 1.49. The second kappa shape index (κ2) is 6.07. The Labute approximate surface area is 132 Å². The van der Waals surface area contributed by atoms with Gasteiger partial charge in [0, 0.05) is 23.1 Å². The SMILES string of the molecule is Cc1c(Cl)cccc1NC(=O)c1ccc(Cn2cccn2)o1. The van der Waals surface area contributed by atoms with Gasteiger partial charge in [-0.2, -0.15) is 5.10 Å². The van der Waals surface area contributed by atoms with Crippen LogP contribution in [0.2, 0.25) is 5.02 Å². The standard InChI is InChI=1S/C16H14ClN3O2/c1-11-13(17)4-2-5-14(11)19-16(21)15-7-6-12(22-15)10-20-9-3-8-18-20/h2-9H,10H2,1H3,(H,19,21). The van der Waals surface area contributed by atoms with Gasteiger partial charge in [0.05, 0.1) is 6.54 Å². The Kier molecular flexibility index (Phi) is 3.98. The zero-order valence-electron chi connectivity index (χ0n) is 11.9. The molecule has 0 atom stereocenters. The molecule has 0 aliphatic heterocycles. The van der Waals surface area contributed by atoms with Crippen LogP contribution in [-0.2, 0) is 6.54 Å². The summed E-state index contributed by atoms with van der Waals surface area (Å²) in [4.78, 5) is 12.2. The van der Waals surface area contributed by atoms with Gasteiger partial charge in [-0.15, -0.1) is 0 Å². The average molecular weight is 316 g/mol. The van der Waals surface area contributed by atoms with Crippen molar-refractivity contribution in [2.24, 2.45) is 0 Å². The molecule has 1 amide bonds. The van der Waals surface area contributed by atoms with Gasteiger partial charge in [-0.05, 0) is 42.8 Å². The van der Waals surface area contributed by atoms with Crippen molar-refractivity contribution in [2.45, 2.75) is 13.5 Å². The molecule has 2 aromatic heterocycles. The molecule has 0 fully saturated rings. The highest BCUT2D eigenvalue weighted by atomic mass is 35.5. The van der Waals surface area contributed by atoms with E-state index in [0.717, 1.165) is 5.56 Å². The number of furan rings is 1. The highest BCUT2D eigenvalue weighted by Gasteiger charge is 2.13. The van der Waals surface area contributed by atoms with E-state index in [1.54, 1.807) is 41.2 Å². The lowest BCUT2D eigenvalue weighted by molar-refractivity contribution is 0.0994. The summed E-state index contributed by atoms with van der Waals surface area (Å²) >= 11 is 6.04. The summed E-state index contributed by atoms with van der Waals surface area (Å²) in [5.74, 6) is 0.607. The molecule has 0 bridgehead atoms. The molecule has 1 aromatic carbocycles. The fourth-order valence-corrected chi connectivity index (χ4v) is 2.24. The normalized spacial score (nSPS) is 10.6. The smallest absolute Gasteiger partial charge is 0.291 e. The van der Waals surface area contributed by atoms with Crippen molar-refractivity contribution in [1.29, 1.82) is 0 Å². The topological polar surface area (TPSA) is 60.1 Å². The van der Waals surface area contributed by atoms with Crippen LogP contribution in [0.1, 0.15) is 21.9 Å². The Bertz CT molecular complexity index is 794. The first-order valence-corrected chi connectivity index (χ1v) is 7.14. The average Bonchev–Trinajstić information content (AvgIpc) is 3.16. The Morgan fingerprint density at radius 1 is 1.32 bits per heavy atom. The summed E-state index contributed by atoms with van der Waals surface area (Å²) in [7, 11) is 0. The number of anilines is 1. The first kappa shape index (κ1) is 14.4. The highest BCUT2D eigenvalue weighted by Crippen LogP contribution is 2.23. The third kappa shape index (κ3) is 3.04. The van der Waals surface area contributed by atoms with Gasteiger partial charge in [0.15, 0.2) is 5.76 Å². The van der Waals surface area contributed by atoms with Crippen LogP contribution >= 0.6 is 11.6 Å². The van der Waals surface area contributed by atoms with Gasteiger partial charge in [-0.1, -0.05) is 17.7 Å². The molecule has 0 aliphatic rings. The van der Waals surface area contributed by atoms with Gasteiger partial charge in [0.2, 0.25) is 0 Å². The van der Waals surface area contributed by atoms with Crippen LogP contribution < -0.4 is 5.32 Å². The number of hydrogen-bond donors (Lipinski definition) is 1. The minimum atomic E-state index is -0.308. The number of carbonyl (C=O) groups excluding carboxylic acids is 1. The summed E-state index contributed by atoms with van der Waals surface area (Å²) in [6.07, 6.45) is 3.52. The van der Waals surface area contributed by atoms with Crippen molar-refractivity contribution in [2.75, 3.05) is 5.32 Å². The maximum atomic E-state index is 12.2. The zero-order valence-corrected chi connectivity index (χ0v) is 12.7. The van der Waals surface area contributed by atoms with Crippen molar-refractivity contribution >= 4 is 23.2 Å². The molecule has 3 aromatic rings. The van der Waals surface area contributed by atoms with Gasteiger partial charge in [0.25, 0.3) is 5.91 Å². The number of carbonyl (C=O) groups is 1. The fourth-order valence-electron chi connectivity index (χ4n) is 2.07. The molecule has 0 saturated carbocycles. The second-order valence-electron chi connectivity index (χ2n) is 4.84. The van der Waals surface area contributed by atoms with Crippen LogP contribution in [0.5, 0.6) is 0 Å². The monoisotopic (exact) mass is 315 g/mol. The van der Waals surface area contributed by atoms with E-state index in [9.17, 15) is 4.79 Å². The van der Waals surface area contributed by atoms with E-state index in [2.05, 4.69) is 10.4 Å². The quantitative estimate of drug-likeness (QED) is 0.798. The number of hydrogen-bond acceptors (Lipinski definition) is 3. The molecule has 3 rings (SSSR count). The predicted molar refractivity (Wildman–Crippen MR) is 84.2 cm³/mol. The van der Waals surface area contributed by atoms with E-state index in [0.29, 0.717) is 23.0 Å². The Morgan fingerprint density at radius 2 is 2.18 bits per heavy atom. The molecule has 0 aliphatic carbocycles. The summed E-state index contributed by atoms with van der Waals surface area (Å²) in [5, 5.41) is 7.50. The number of halogens is 1. The molecule has 0 spiro atoms. The van der Waals surface area contributed by atoms with Crippen LogP contribution in [0, 0.1) is 6.92 Å². The predicted octanol–water partition coefficient (Wildman–Crippen LogP) is 3.74. The van der Waals surface area contributed by atoms with Crippen LogP contribution in [0.3, 0.4) is 0 Å². The molecule has 22 heavy (non-hydrogen) atoms. The van der Waals surface area contributed by atoms with Crippen molar-refractivity contribution in [3.63, 3.8) is 0 Å². The zero-order chi connectivity index (χ0) is 15.5. The molecular formula is C16H14ClN3O2. The van der Waals surface area contributed by atoms with Crippen LogP contribution in [-0.4, -0.2) is 15.7 Å². The number of aromatic nitrogens is 2. The fraction of sp³-hybridized carbons (Fsp3) is 0.125. The van der Waals surface area contributed by atoms with Crippen LogP contribution in [0.4, 0.5) is 5.69 Å². The van der Waals surface area contributed by atoms with E-state index < -0.39 is 0 Å². The van der Waals surface area contributed by atoms with Crippen molar-refractivity contribution in [1.82, 2.24) is 9.78 Å². The van der Waals surface area contributed by atoms with Gasteiger partial charge in [-0.25, -0.2) is 0 Å². The lowest BCUT2D eigenvalue weighted by Crippen LogP contribution is -2.12. The number of rotatable bonds is 4. The summed E-state index contributed by atoms with van der Waals surface area (Å²) < 4.78 is 7.28. The minimum absolute atomic E-state index is 0.251. The molecule has 6 heteroatoms. The molecule has 5 nitrogen and oxygen atoms in total. The van der Waals surface area contributed by atoms with Crippen molar-refractivity contribution < 1.29 is 9.21 Å². The van der Waals surface area contributed by atoms with E-state index in [4.69, 9.17) is 16.0 Å². The molecule has 0 unspecified atom stereocenters. The minimum Gasteiger partial charge on any atom is -0.454 e. The van der Waals surface area contributed by atoms with E-state index >= 15 is 0 Å². The number of amides is 1. The third-order valence-electron chi connectivity index (χ3n) is 3.28. The number of nitrogens with zero attached hydrogens (tertiary/aromatic N) is 2. The third-order valence-corrected chi connectivity index (χ3v) is 3.69. The lowest BCUT2D eigenvalue weighted by atomic mass is 10.2. The molecule has 112 valence electrons. The largest absolute Gasteiger partial charge is 0.454 e. The Hall–Kier alpha value is -2.53. The maximum Gasteiger partial charge on any atom is 0.291 e. The van der Waals surface area contributed by atoms with Crippen molar-refractivity contribution in [3.05, 3.63) is 70.9 Å². The number of nitrogens with one attached hydrogen (secondary N) is 1. The first-order chi connectivity index (χ1) is 10.6. The van der Waals surface area contributed by atoms with Gasteiger partial charge in [-0.3, -0.25) is 9.48 Å². The second-order valence-corrected chi connectivity index (χ2v) is 5.24. The Morgan fingerprint density at radius 3 is 2.95 bits per heavy atom. The van der Waals surface area contributed by atoms with E-state index in [-0.39, 0.29) is 11.7 Å². The van der Waals surface area contributed by atoms with E-state index in [1.807, 2.05) is 19.2 Å².